The van der Waals surface area contributed by atoms with Crippen LogP contribution in [0.25, 0.3) is 5.69 Å². The molecule has 0 radical (unpaired) electrons. The van der Waals surface area contributed by atoms with E-state index in [-0.39, 0.29) is 16.8 Å². The maximum Gasteiger partial charge on any atom is 0.338 e. The van der Waals surface area contributed by atoms with Gasteiger partial charge < -0.3 is 10.2 Å². The molecule has 2 aromatic rings. The van der Waals surface area contributed by atoms with Gasteiger partial charge in [-0.1, -0.05) is 24.6 Å². The van der Waals surface area contributed by atoms with Crippen LogP contribution in [0.4, 0.5) is 0 Å². The van der Waals surface area contributed by atoms with E-state index in [4.69, 9.17) is 5.11 Å². The minimum atomic E-state index is -1.31. The lowest BCUT2D eigenvalue weighted by atomic mass is 10.1. The standard InChI is InChI=1S/C14H15N3O4/c1-2-3-5-9-8-17(16-15-9)11-7-4-6-10(13(18)19)12(11)14(20)21/h4,6-8H,2-3,5H2,1H3,(H,18,19)(H,20,21). The highest BCUT2D eigenvalue weighted by Gasteiger charge is 2.21. The van der Waals surface area contributed by atoms with Crippen LogP contribution in [0, 0.1) is 0 Å². The number of unbranched alkanes of at least 4 members (excludes halogenated alkanes) is 1. The van der Waals surface area contributed by atoms with E-state index in [9.17, 15) is 14.7 Å². The topological polar surface area (TPSA) is 105 Å². The summed E-state index contributed by atoms with van der Waals surface area (Å²) in [5, 5.41) is 26.2. The molecule has 7 nitrogen and oxygen atoms in total. The summed E-state index contributed by atoms with van der Waals surface area (Å²) in [6.07, 6.45) is 4.35. The molecule has 2 rings (SSSR count). The average Bonchev–Trinajstić information content (AvgIpc) is 2.92. The van der Waals surface area contributed by atoms with E-state index in [0.29, 0.717) is 0 Å². The number of aromatic nitrogens is 3. The van der Waals surface area contributed by atoms with Gasteiger partial charge in [-0.05, 0) is 25.0 Å². The summed E-state index contributed by atoms with van der Waals surface area (Å²) in [4.78, 5) is 22.5. The lowest BCUT2D eigenvalue weighted by Gasteiger charge is -2.08. The smallest absolute Gasteiger partial charge is 0.338 e. The molecule has 0 aliphatic heterocycles. The number of carboxylic acid groups (broad SMARTS) is 2. The van der Waals surface area contributed by atoms with Gasteiger partial charge in [0.15, 0.2) is 0 Å². The summed E-state index contributed by atoms with van der Waals surface area (Å²) < 4.78 is 1.31. The number of rotatable bonds is 6. The van der Waals surface area contributed by atoms with Crippen LogP contribution in [0.2, 0.25) is 0 Å². The predicted octanol–water partition coefficient (Wildman–Crippen LogP) is 2.01. The zero-order chi connectivity index (χ0) is 15.4. The Bertz CT molecular complexity index is 679. The second-order valence-corrected chi connectivity index (χ2v) is 4.57. The lowest BCUT2D eigenvalue weighted by molar-refractivity contribution is 0.0651. The van der Waals surface area contributed by atoms with Crippen LogP contribution < -0.4 is 0 Å². The Balaban J connectivity index is 2.48. The highest BCUT2D eigenvalue weighted by molar-refractivity contribution is 6.04. The molecule has 0 amide bonds. The monoisotopic (exact) mass is 289 g/mol. The van der Waals surface area contributed by atoms with Crippen molar-refractivity contribution in [1.29, 1.82) is 0 Å². The second-order valence-electron chi connectivity index (χ2n) is 4.57. The van der Waals surface area contributed by atoms with Crippen molar-refractivity contribution in [3.8, 4) is 5.69 Å². The Labute approximate surface area is 120 Å². The van der Waals surface area contributed by atoms with E-state index in [1.807, 2.05) is 0 Å². The summed E-state index contributed by atoms with van der Waals surface area (Å²) in [5.74, 6) is -2.60. The Morgan fingerprint density at radius 3 is 2.62 bits per heavy atom. The number of aromatic carboxylic acids is 2. The van der Waals surface area contributed by atoms with Crippen molar-refractivity contribution in [2.45, 2.75) is 26.2 Å². The molecule has 0 spiro atoms. The number of nitrogens with zero attached hydrogens (tertiary/aromatic N) is 3. The third-order valence-corrected chi connectivity index (χ3v) is 3.06. The van der Waals surface area contributed by atoms with Crippen molar-refractivity contribution in [1.82, 2.24) is 15.0 Å². The lowest BCUT2D eigenvalue weighted by Crippen LogP contribution is -2.13. The maximum absolute atomic E-state index is 11.4. The predicted molar refractivity (Wildman–Crippen MR) is 73.9 cm³/mol. The first-order valence-corrected chi connectivity index (χ1v) is 6.55. The molecule has 0 aliphatic rings. The average molecular weight is 289 g/mol. The quantitative estimate of drug-likeness (QED) is 0.842. The normalized spacial score (nSPS) is 10.5. The van der Waals surface area contributed by atoms with E-state index in [1.165, 1.54) is 22.9 Å². The van der Waals surface area contributed by atoms with Crippen molar-refractivity contribution in [2.75, 3.05) is 0 Å². The summed E-state index contributed by atoms with van der Waals surface area (Å²) in [7, 11) is 0. The second kappa shape index (κ2) is 6.17. The molecule has 1 aromatic heterocycles. The maximum atomic E-state index is 11.4. The van der Waals surface area contributed by atoms with Crippen LogP contribution in [0.15, 0.2) is 24.4 Å². The molecule has 1 aromatic carbocycles. The highest BCUT2D eigenvalue weighted by Crippen LogP contribution is 2.19. The van der Waals surface area contributed by atoms with Gasteiger partial charge >= 0.3 is 11.9 Å². The van der Waals surface area contributed by atoms with Gasteiger partial charge in [0.1, 0.15) is 0 Å². The third kappa shape index (κ3) is 3.07. The fourth-order valence-corrected chi connectivity index (χ4v) is 2.02. The molecular formula is C14H15N3O4. The molecule has 21 heavy (non-hydrogen) atoms. The van der Waals surface area contributed by atoms with Crippen LogP contribution in [0.5, 0.6) is 0 Å². The van der Waals surface area contributed by atoms with Crippen molar-refractivity contribution in [2.24, 2.45) is 0 Å². The molecule has 0 bridgehead atoms. The molecule has 1 heterocycles. The van der Waals surface area contributed by atoms with E-state index < -0.39 is 11.9 Å². The molecule has 0 saturated carbocycles. The van der Waals surface area contributed by atoms with Crippen LogP contribution in [0.1, 0.15) is 46.2 Å². The summed E-state index contributed by atoms with van der Waals surface area (Å²) in [6, 6.07) is 4.25. The minimum absolute atomic E-state index is 0.192. The van der Waals surface area contributed by atoms with E-state index >= 15 is 0 Å². The number of hydrogen-bond donors (Lipinski definition) is 2. The summed E-state index contributed by atoms with van der Waals surface area (Å²) in [6.45, 7) is 2.06. The van der Waals surface area contributed by atoms with Gasteiger partial charge in [0.2, 0.25) is 0 Å². The molecule has 0 unspecified atom stereocenters. The van der Waals surface area contributed by atoms with Crippen LogP contribution >= 0.6 is 0 Å². The van der Waals surface area contributed by atoms with Gasteiger partial charge in [-0.3, -0.25) is 0 Å². The van der Waals surface area contributed by atoms with Gasteiger partial charge in [-0.2, -0.15) is 0 Å². The van der Waals surface area contributed by atoms with Gasteiger partial charge in [0.05, 0.1) is 28.7 Å². The Kier molecular flexibility index (Phi) is 4.32. The Morgan fingerprint density at radius 2 is 2.00 bits per heavy atom. The van der Waals surface area contributed by atoms with Crippen molar-refractivity contribution in [3.63, 3.8) is 0 Å². The van der Waals surface area contributed by atoms with Gasteiger partial charge in [0, 0.05) is 0 Å². The van der Waals surface area contributed by atoms with Gasteiger partial charge in [-0.25, -0.2) is 14.3 Å². The molecule has 7 heteroatoms. The largest absolute Gasteiger partial charge is 0.478 e. The molecule has 2 N–H and O–H groups in total. The summed E-state index contributed by atoms with van der Waals surface area (Å²) >= 11 is 0. The molecule has 110 valence electrons. The molecule has 0 fully saturated rings. The van der Waals surface area contributed by atoms with Gasteiger partial charge in [-0.15, -0.1) is 5.10 Å². The van der Waals surface area contributed by atoms with Crippen LogP contribution in [-0.4, -0.2) is 37.1 Å². The third-order valence-electron chi connectivity index (χ3n) is 3.06. The number of carbonyl (C=O) groups is 2. The SMILES string of the molecule is CCCCc1cn(-c2cccc(C(=O)O)c2C(=O)O)nn1. The first kappa shape index (κ1) is 14.7. The zero-order valence-electron chi connectivity index (χ0n) is 11.5. The minimum Gasteiger partial charge on any atom is -0.478 e. The molecule has 0 aliphatic carbocycles. The fourth-order valence-electron chi connectivity index (χ4n) is 2.02. The van der Waals surface area contributed by atoms with Crippen molar-refractivity contribution in [3.05, 3.63) is 41.2 Å². The molecule has 0 atom stereocenters. The number of hydrogen-bond acceptors (Lipinski definition) is 4. The highest BCUT2D eigenvalue weighted by atomic mass is 16.4. The number of aryl methyl sites for hydroxylation is 1. The van der Waals surface area contributed by atoms with Crippen molar-refractivity contribution < 1.29 is 19.8 Å². The molecular weight excluding hydrogens is 274 g/mol. The first-order chi connectivity index (χ1) is 10.0. The van der Waals surface area contributed by atoms with E-state index in [0.717, 1.165) is 25.0 Å². The van der Waals surface area contributed by atoms with Gasteiger partial charge in [0.25, 0.3) is 0 Å². The number of carboxylic acids is 2. The first-order valence-electron chi connectivity index (χ1n) is 6.55. The Morgan fingerprint density at radius 1 is 1.24 bits per heavy atom. The van der Waals surface area contributed by atoms with Crippen LogP contribution in [0.3, 0.4) is 0 Å². The van der Waals surface area contributed by atoms with E-state index in [1.54, 1.807) is 6.20 Å². The Hall–Kier alpha value is -2.70. The van der Waals surface area contributed by atoms with E-state index in [2.05, 4.69) is 17.2 Å². The zero-order valence-corrected chi connectivity index (χ0v) is 11.5. The fraction of sp³-hybridized carbons (Fsp3) is 0.286. The summed E-state index contributed by atoms with van der Waals surface area (Å²) in [5.41, 5.74) is 0.370. The van der Waals surface area contributed by atoms with Crippen LogP contribution in [-0.2, 0) is 6.42 Å². The number of benzene rings is 1. The molecule has 0 saturated heterocycles. The van der Waals surface area contributed by atoms with Crippen molar-refractivity contribution >= 4 is 11.9 Å².